The number of benzene rings is 2. The Morgan fingerprint density at radius 1 is 1.00 bits per heavy atom. The van der Waals surface area contributed by atoms with Gasteiger partial charge in [-0.25, -0.2) is 14.8 Å². The number of ether oxygens (including phenoxy) is 2. The van der Waals surface area contributed by atoms with Crippen LogP contribution in [-0.4, -0.2) is 58.1 Å². The number of aliphatic imine (C=N–C) groups is 1. The Morgan fingerprint density at radius 3 is 2.41 bits per heavy atom. The number of fused-ring (bicyclic) bond motifs is 1. The number of hydrogen-bond acceptors (Lipinski definition) is 8. The van der Waals surface area contributed by atoms with Crippen molar-refractivity contribution in [1.82, 2.24) is 14.5 Å². The van der Waals surface area contributed by atoms with Crippen LogP contribution in [0.1, 0.15) is 61.8 Å². The number of rotatable bonds is 14. The number of nitrogens with one attached hydrogen (secondary N) is 1. The summed E-state index contributed by atoms with van der Waals surface area (Å²) in [6.45, 7) is 7.00. The number of hydrogen-bond donors (Lipinski definition) is 2. The molecule has 12 heteroatoms. The van der Waals surface area contributed by atoms with E-state index in [4.69, 9.17) is 20.2 Å². The molecular formula is C34H41N7O5. The Kier molecular flexibility index (Phi) is 11.8. The van der Waals surface area contributed by atoms with Gasteiger partial charge in [-0.2, -0.15) is 4.99 Å². The minimum atomic E-state index is -0.695. The predicted molar refractivity (Wildman–Crippen MR) is 178 cm³/mol. The van der Waals surface area contributed by atoms with Gasteiger partial charge >= 0.3 is 12.1 Å². The quantitative estimate of drug-likeness (QED) is 0.105. The molecule has 4 rings (SSSR count). The highest BCUT2D eigenvalue weighted by atomic mass is 16.5. The fraction of sp³-hybridized carbons (Fsp3) is 0.353. The van der Waals surface area contributed by atoms with Crippen molar-refractivity contribution in [2.75, 3.05) is 30.0 Å². The van der Waals surface area contributed by atoms with Crippen molar-refractivity contribution in [2.45, 2.75) is 46.6 Å². The van der Waals surface area contributed by atoms with Gasteiger partial charge in [-0.1, -0.05) is 32.8 Å². The summed E-state index contributed by atoms with van der Waals surface area (Å²) in [5, 5.41) is 3.35. The molecule has 0 radical (unpaired) electrons. The maximum atomic E-state index is 13.6. The Hall–Kier alpha value is -5.26. The number of amidine groups is 1. The topological polar surface area (TPSA) is 154 Å². The third-order valence-electron chi connectivity index (χ3n) is 7.68. The van der Waals surface area contributed by atoms with Crippen LogP contribution in [0, 0.1) is 5.92 Å². The Labute approximate surface area is 268 Å². The first-order valence-corrected chi connectivity index (χ1v) is 15.4. The molecule has 0 saturated heterocycles. The highest BCUT2D eigenvalue weighted by Crippen LogP contribution is 2.21. The molecule has 12 nitrogen and oxygen atoms in total. The number of carbonyl (C=O) groups excluding carboxylic acids is 3. The van der Waals surface area contributed by atoms with Gasteiger partial charge in [-0.05, 0) is 67.4 Å². The van der Waals surface area contributed by atoms with Crippen LogP contribution in [0.25, 0.3) is 11.0 Å². The monoisotopic (exact) mass is 627 g/mol. The van der Waals surface area contributed by atoms with Gasteiger partial charge in [-0.15, -0.1) is 0 Å². The summed E-state index contributed by atoms with van der Waals surface area (Å²) in [6, 6.07) is 17.9. The number of esters is 1. The lowest BCUT2D eigenvalue weighted by molar-refractivity contribution is -0.142. The lowest BCUT2D eigenvalue weighted by Gasteiger charge is -2.21. The van der Waals surface area contributed by atoms with Gasteiger partial charge in [0, 0.05) is 36.6 Å². The Balaban J connectivity index is 1.43. The summed E-state index contributed by atoms with van der Waals surface area (Å²) in [5.41, 5.74) is 9.41. The molecule has 4 aromatic rings. The van der Waals surface area contributed by atoms with E-state index in [1.807, 2.05) is 29.8 Å². The average molecular weight is 628 g/mol. The molecule has 0 aliphatic rings. The number of amides is 2. The molecule has 2 amide bonds. The highest BCUT2D eigenvalue weighted by Gasteiger charge is 2.21. The van der Waals surface area contributed by atoms with E-state index in [0.29, 0.717) is 41.5 Å². The molecule has 0 spiro atoms. The van der Waals surface area contributed by atoms with Crippen molar-refractivity contribution in [3.8, 4) is 0 Å². The standard InChI is InChI=1S/C34H41N7O5/c1-5-23(6-2)22-46-34(44)39-32(35)24-11-14-26(15-12-24)37-21-30-38-27-20-25(13-16-28(27)40(30)4)33(43)41(19-17-31(42)45-7-3)29-10-8-9-18-36-29/h8-16,18,20,23,37H,5-7,17,19,21-22H2,1-4H3,(H2,35,39,44). The van der Waals surface area contributed by atoms with Crippen LogP contribution in [-0.2, 0) is 27.9 Å². The van der Waals surface area contributed by atoms with Gasteiger partial charge in [0.05, 0.1) is 37.2 Å². The summed E-state index contributed by atoms with van der Waals surface area (Å²) in [7, 11) is 1.91. The summed E-state index contributed by atoms with van der Waals surface area (Å²) in [6.07, 6.45) is 2.81. The van der Waals surface area contributed by atoms with E-state index in [9.17, 15) is 14.4 Å². The van der Waals surface area contributed by atoms with Crippen molar-refractivity contribution < 1.29 is 23.9 Å². The number of pyridine rings is 1. The van der Waals surface area contributed by atoms with Crippen LogP contribution in [0.3, 0.4) is 0 Å². The van der Waals surface area contributed by atoms with E-state index in [1.54, 1.807) is 55.6 Å². The van der Waals surface area contributed by atoms with E-state index < -0.39 is 6.09 Å². The molecule has 0 aliphatic carbocycles. The van der Waals surface area contributed by atoms with Crippen LogP contribution in [0.15, 0.2) is 71.9 Å². The van der Waals surface area contributed by atoms with Gasteiger partial charge in [0.1, 0.15) is 17.5 Å². The molecule has 0 bridgehead atoms. The van der Waals surface area contributed by atoms with Crippen molar-refractivity contribution in [2.24, 2.45) is 23.7 Å². The molecule has 46 heavy (non-hydrogen) atoms. The number of nitrogens with two attached hydrogens (primary N) is 1. The third kappa shape index (κ3) is 8.68. The first kappa shape index (κ1) is 33.6. The fourth-order valence-electron chi connectivity index (χ4n) is 4.82. The number of carbonyl (C=O) groups is 3. The second-order valence-corrected chi connectivity index (χ2v) is 10.7. The smallest absolute Gasteiger partial charge is 0.435 e. The molecule has 0 atom stereocenters. The Bertz CT molecular complexity index is 1660. The zero-order chi connectivity index (χ0) is 33.1. The summed E-state index contributed by atoms with van der Waals surface area (Å²) in [4.78, 5) is 52.2. The number of anilines is 2. The molecule has 0 fully saturated rings. The largest absolute Gasteiger partial charge is 0.466 e. The van der Waals surface area contributed by atoms with E-state index in [0.717, 1.165) is 29.9 Å². The molecule has 0 saturated carbocycles. The molecule has 3 N–H and O–H groups in total. The van der Waals surface area contributed by atoms with Crippen LogP contribution >= 0.6 is 0 Å². The third-order valence-corrected chi connectivity index (χ3v) is 7.68. The minimum Gasteiger partial charge on any atom is -0.466 e. The lowest BCUT2D eigenvalue weighted by atomic mass is 10.1. The van der Waals surface area contributed by atoms with Crippen LogP contribution in [0.4, 0.5) is 16.3 Å². The first-order chi connectivity index (χ1) is 22.2. The second-order valence-electron chi connectivity index (χ2n) is 10.7. The zero-order valence-corrected chi connectivity index (χ0v) is 26.7. The van der Waals surface area contributed by atoms with Gasteiger partial charge in [0.15, 0.2) is 0 Å². The highest BCUT2D eigenvalue weighted by molar-refractivity contribution is 6.07. The lowest BCUT2D eigenvalue weighted by Crippen LogP contribution is -2.34. The van der Waals surface area contributed by atoms with Gasteiger partial charge in [0.2, 0.25) is 0 Å². The van der Waals surface area contributed by atoms with Crippen LogP contribution < -0.4 is 16.0 Å². The van der Waals surface area contributed by atoms with Gasteiger partial charge in [-0.3, -0.25) is 14.5 Å². The molecule has 242 valence electrons. The maximum absolute atomic E-state index is 13.6. The molecule has 2 heterocycles. The second kappa shape index (κ2) is 16.2. The predicted octanol–water partition coefficient (Wildman–Crippen LogP) is 5.46. The number of aromatic nitrogens is 3. The molecule has 0 aliphatic heterocycles. The van der Waals surface area contributed by atoms with Crippen molar-refractivity contribution in [1.29, 1.82) is 0 Å². The number of aryl methyl sites for hydroxylation is 1. The molecular weight excluding hydrogens is 586 g/mol. The summed E-state index contributed by atoms with van der Waals surface area (Å²) in [5.74, 6) is 0.921. The Morgan fingerprint density at radius 2 is 1.74 bits per heavy atom. The molecule has 2 aromatic heterocycles. The van der Waals surface area contributed by atoms with E-state index in [2.05, 4.69) is 29.1 Å². The maximum Gasteiger partial charge on any atom is 0.435 e. The SMILES string of the molecule is CCOC(=O)CCN(C(=O)c1ccc2c(c1)nc(CNc1ccc(/C(N)=N/C(=O)OCC(CC)CC)cc1)n2C)c1ccccn1. The molecule has 0 unspecified atom stereocenters. The van der Waals surface area contributed by atoms with Crippen molar-refractivity contribution >= 4 is 46.3 Å². The van der Waals surface area contributed by atoms with Crippen LogP contribution in [0.5, 0.6) is 0 Å². The molecule has 2 aromatic carbocycles. The van der Waals surface area contributed by atoms with E-state index in [1.165, 1.54) is 4.90 Å². The van der Waals surface area contributed by atoms with Crippen LogP contribution in [0.2, 0.25) is 0 Å². The summed E-state index contributed by atoms with van der Waals surface area (Å²) >= 11 is 0. The van der Waals surface area contributed by atoms with Gasteiger partial charge in [0.25, 0.3) is 5.91 Å². The van der Waals surface area contributed by atoms with E-state index in [-0.39, 0.29) is 37.3 Å². The average Bonchev–Trinajstić information content (AvgIpc) is 3.39. The fourth-order valence-corrected chi connectivity index (χ4v) is 4.82. The van der Waals surface area contributed by atoms with E-state index >= 15 is 0 Å². The van der Waals surface area contributed by atoms with Crippen molar-refractivity contribution in [3.05, 3.63) is 83.8 Å². The number of imidazole rings is 1. The van der Waals surface area contributed by atoms with Crippen molar-refractivity contribution in [3.63, 3.8) is 0 Å². The van der Waals surface area contributed by atoms with Gasteiger partial charge < -0.3 is 25.1 Å². The first-order valence-electron chi connectivity index (χ1n) is 15.4. The normalized spacial score (nSPS) is 11.5. The summed E-state index contributed by atoms with van der Waals surface area (Å²) < 4.78 is 12.2. The number of nitrogens with zero attached hydrogens (tertiary/aromatic N) is 5. The minimum absolute atomic E-state index is 0.0448. The zero-order valence-electron chi connectivity index (χ0n) is 26.7.